The van der Waals surface area contributed by atoms with E-state index in [1.54, 1.807) is 18.5 Å². The van der Waals surface area contributed by atoms with Crippen molar-refractivity contribution in [1.29, 1.82) is 0 Å². The number of nitrogens with one attached hydrogen (secondary N) is 3. The number of rotatable bonds is 10. The largest absolute Gasteiger partial charge is 0.336 e. The van der Waals surface area contributed by atoms with Gasteiger partial charge in [0.25, 0.3) is 0 Å². The fourth-order valence-electron chi connectivity index (χ4n) is 5.04. The number of hydrogen-bond donors (Lipinski definition) is 3. The molecular formula is C31H32FN9. The number of nitrogens with zero attached hydrogens (tertiary/aromatic N) is 6. The summed E-state index contributed by atoms with van der Waals surface area (Å²) in [6.07, 6.45) is 8.90. The van der Waals surface area contributed by atoms with Crippen LogP contribution in [0.1, 0.15) is 24.5 Å². The van der Waals surface area contributed by atoms with E-state index in [0.717, 1.165) is 71.3 Å². The van der Waals surface area contributed by atoms with Crippen LogP contribution in [0.25, 0.3) is 56.0 Å². The lowest BCUT2D eigenvalue weighted by atomic mass is 10.0. The predicted octanol–water partition coefficient (Wildman–Crippen LogP) is 5.37. The van der Waals surface area contributed by atoms with E-state index in [-0.39, 0.29) is 5.82 Å². The Balaban J connectivity index is 1.37. The van der Waals surface area contributed by atoms with Crippen LogP contribution < -0.4 is 5.32 Å². The lowest BCUT2D eigenvalue weighted by molar-refractivity contribution is 0.400. The molecule has 0 atom stereocenters. The number of pyridine rings is 3. The van der Waals surface area contributed by atoms with Gasteiger partial charge >= 0.3 is 0 Å². The lowest BCUT2D eigenvalue weighted by Crippen LogP contribution is -2.13. The first-order chi connectivity index (χ1) is 20.0. The highest BCUT2D eigenvalue weighted by Crippen LogP contribution is 2.32. The van der Waals surface area contributed by atoms with Gasteiger partial charge in [0.2, 0.25) is 0 Å². The zero-order valence-corrected chi connectivity index (χ0v) is 23.4. The van der Waals surface area contributed by atoms with Crippen LogP contribution in [0.4, 0.5) is 4.39 Å². The molecule has 1 aromatic carbocycles. The average Bonchev–Trinajstić information content (AvgIpc) is 3.59. The van der Waals surface area contributed by atoms with Crippen molar-refractivity contribution in [1.82, 2.24) is 45.3 Å². The molecule has 0 amide bonds. The Bertz CT molecular complexity index is 1820. The van der Waals surface area contributed by atoms with Gasteiger partial charge < -0.3 is 15.2 Å². The van der Waals surface area contributed by atoms with Crippen LogP contribution in [-0.4, -0.2) is 67.2 Å². The van der Waals surface area contributed by atoms with E-state index in [4.69, 9.17) is 4.98 Å². The summed E-state index contributed by atoms with van der Waals surface area (Å²) in [5.74, 6) is 0.318. The van der Waals surface area contributed by atoms with Crippen LogP contribution >= 0.6 is 0 Å². The zero-order valence-electron chi connectivity index (χ0n) is 23.4. The molecule has 10 heteroatoms. The topological polar surface area (TPSA) is 111 Å². The molecule has 0 radical (unpaired) electrons. The summed E-state index contributed by atoms with van der Waals surface area (Å²) in [6.45, 7) is 4.65. The van der Waals surface area contributed by atoms with Crippen LogP contribution in [-0.2, 0) is 13.0 Å². The van der Waals surface area contributed by atoms with Crippen molar-refractivity contribution in [3.63, 3.8) is 0 Å². The summed E-state index contributed by atoms with van der Waals surface area (Å²) in [7, 11) is 4.08. The number of aromatic nitrogens is 7. The van der Waals surface area contributed by atoms with E-state index >= 15 is 0 Å². The van der Waals surface area contributed by atoms with Gasteiger partial charge in [0.15, 0.2) is 5.82 Å². The van der Waals surface area contributed by atoms with E-state index < -0.39 is 0 Å². The van der Waals surface area contributed by atoms with E-state index in [2.05, 4.69) is 53.3 Å². The quantitative estimate of drug-likeness (QED) is 0.211. The molecular weight excluding hydrogens is 517 g/mol. The van der Waals surface area contributed by atoms with Crippen molar-refractivity contribution in [2.45, 2.75) is 26.3 Å². The van der Waals surface area contributed by atoms with Gasteiger partial charge in [-0.05, 0) is 87.6 Å². The van der Waals surface area contributed by atoms with Gasteiger partial charge in [0.1, 0.15) is 17.0 Å². The SMILES string of the molecule is CCNCc1cncc(-c2cc3c(-c4nc5c(-c6cc(F)cc(CCCN(C)C)c6)nccc5[nH]4)n[nH]c3cn2)c1. The van der Waals surface area contributed by atoms with Crippen LogP contribution in [0.5, 0.6) is 0 Å². The Kier molecular flexibility index (Phi) is 7.49. The molecule has 41 heavy (non-hydrogen) atoms. The lowest BCUT2D eigenvalue weighted by Gasteiger charge is -2.10. The normalized spacial score (nSPS) is 11.7. The number of benzene rings is 1. The minimum absolute atomic E-state index is 0.278. The fraction of sp³-hybridized carbons (Fsp3) is 0.258. The smallest absolute Gasteiger partial charge is 0.159 e. The first-order valence-electron chi connectivity index (χ1n) is 13.8. The summed E-state index contributed by atoms with van der Waals surface area (Å²) in [6, 6.07) is 11.1. The van der Waals surface area contributed by atoms with Crippen molar-refractivity contribution < 1.29 is 4.39 Å². The van der Waals surface area contributed by atoms with Gasteiger partial charge in [-0.25, -0.2) is 9.37 Å². The summed E-state index contributed by atoms with van der Waals surface area (Å²) in [5.41, 5.74) is 8.03. The Labute approximate surface area is 237 Å². The summed E-state index contributed by atoms with van der Waals surface area (Å²) >= 11 is 0. The number of imidazole rings is 1. The predicted molar refractivity (Wildman–Crippen MR) is 160 cm³/mol. The molecule has 0 spiro atoms. The first-order valence-corrected chi connectivity index (χ1v) is 13.8. The monoisotopic (exact) mass is 549 g/mol. The summed E-state index contributed by atoms with van der Waals surface area (Å²) in [5, 5.41) is 11.9. The molecule has 3 N–H and O–H groups in total. The van der Waals surface area contributed by atoms with E-state index in [1.807, 2.05) is 44.7 Å². The number of fused-ring (bicyclic) bond motifs is 2. The second-order valence-electron chi connectivity index (χ2n) is 10.4. The Morgan fingerprint density at radius 2 is 1.80 bits per heavy atom. The highest BCUT2D eigenvalue weighted by atomic mass is 19.1. The molecule has 208 valence electrons. The Morgan fingerprint density at radius 3 is 2.66 bits per heavy atom. The highest BCUT2D eigenvalue weighted by molar-refractivity contribution is 5.96. The molecule has 0 saturated carbocycles. The minimum Gasteiger partial charge on any atom is -0.336 e. The summed E-state index contributed by atoms with van der Waals surface area (Å²) < 4.78 is 14.7. The van der Waals surface area contributed by atoms with Gasteiger partial charge in [-0.2, -0.15) is 5.10 Å². The average molecular weight is 550 g/mol. The third-order valence-corrected chi connectivity index (χ3v) is 7.04. The van der Waals surface area contributed by atoms with E-state index in [9.17, 15) is 4.39 Å². The number of halogens is 1. The number of aromatic amines is 2. The molecule has 0 saturated heterocycles. The van der Waals surface area contributed by atoms with Gasteiger partial charge in [-0.3, -0.25) is 20.1 Å². The Hall–Kier alpha value is -4.54. The number of H-pyrrole nitrogens is 2. The summed E-state index contributed by atoms with van der Waals surface area (Å²) in [4.78, 5) is 24.1. The van der Waals surface area contributed by atoms with Crippen molar-refractivity contribution >= 4 is 21.9 Å². The molecule has 0 aliphatic rings. The van der Waals surface area contributed by atoms with Gasteiger partial charge in [-0.1, -0.05) is 6.92 Å². The number of aryl methyl sites for hydroxylation is 1. The first kappa shape index (κ1) is 26.7. The van der Waals surface area contributed by atoms with Crippen LogP contribution in [0, 0.1) is 5.82 Å². The van der Waals surface area contributed by atoms with E-state index in [1.165, 1.54) is 6.07 Å². The van der Waals surface area contributed by atoms with Crippen molar-refractivity contribution in [3.8, 4) is 34.0 Å². The highest BCUT2D eigenvalue weighted by Gasteiger charge is 2.18. The van der Waals surface area contributed by atoms with Crippen LogP contribution in [0.3, 0.4) is 0 Å². The fourth-order valence-corrected chi connectivity index (χ4v) is 5.04. The molecule has 0 aliphatic carbocycles. The van der Waals surface area contributed by atoms with Crippen LogP contribution in [0.15, 0.2) is 61.2 Å². The Morgan fingerprint density at radius 1 is 0.927 bits per heavy atom. The zero-order chi connectivity index (χ0) is 28.3. The van der Waals surface area contributed by atoms with Crippen molar-refractivity contribution in [2.24, 2.45) is 0 Å². The number of hydrogen-bond acceptors (Lipinski definition) is 7. The van der Waals surface area contributed by atoms with Gasteiger partial charge in [-0.15, -0.1) is 0 Å². The molecule has 0 aliphatic heterocycles. The van der Waals surface area contributed by atoms with Crippen molar-refractivity contribution in [3.05, 3.63) is 78.1 Å². The van der Waals surface area contributed by atoms with Gasteiger partial charge in [0, 0.05) is 41.6 Å². The second-order valence-corrected chi connectivity index (χ2v) is 10.4. The third kappa shape index (κ3) is 5.70. The standard InChI is InChI=1S/C31H32FN9/c1-4-33-15-20-11-22(17-34-16-20)26-14-24-27(18-36-26)39-40-29(24)31-37-25-7-8-35-28(30(25)38-31)21-10-19(12-23(32)13-21)6-5-9-41(2)3/h7-8,10-14,16-18,33H,4-6,9,15H2,1-3H3,(H,37,38)(H,39,40). The minimum atomic E-state index is -0.278. The van der Waals surface area contributed by atoms with Crippen molar-refractivity contribution in [2.75, 3.05) is 27.2 Å². The van der Waals surface area contributed by atoms with Gasteiger partial charge in [0.05, 0.1) is 28.6 Å². The molecule has 5 heterocycles. The van der Waals surface area contributed by atoms with E-state index in [0.29, 0.717) is 28.3 Å². The second kappa shape index (κ2) is 11.5. The molecule has 6 rings (SSSR count). The third-order valence-electron chi connectivity index (χ3n) is 7.04. The molecule has 6 aromatic rings. The maximum Gasteiger partial charge on any atom is 0.159 e. The van der Waals surface area contributed by atoms with Crippen LogP contribution in [0.2, 0.25) is 0 Å². The maximum absolute atomic E-state index is 14.7. The maximum atomic E-state index is 14.7. The molecule has 0 unspecified atom stereocenters. The molecule has 0 fully saturated rings. The molecule has 0 bridgehead atoms. The molecule has 9 nitrogen and oxygen atoms in total. The molecule has 5 aromatic heterocycles.